The molecule has 0 aromatic heterocycles. The van der Waals surface area contributed by atoms with Crippen LogP contribution < -0.4 is 15.5 Å². The smallest absolute Gasteiger partial charge is 0.255 e. The Morgan fingerprint density at radius 2 is 1.62 bits per heavy atom. The minimum atomic E-state index is -0.204. The predicted octanol–water partition coefficient (Wildman–Crippen LogP) is 3.14. The molecule has 0 bridgehead atoms. The molecule has 0 atom stereocenters. The molecule has 0 heterocycles. The highest BCUT2D eigenvalue weighted by molar-refractivity contribution is 6.05. The fourth-order valence-corrected chi connectivity index (χ4v) is 2.21. The van der Waals surface area contributed by atoms with Crippen molar-refractivity contribution in [2.24, 2.45) is 0 Å². The first-order chi connectivity index (χ1) is 11.5. The second kappa shape index (κ2) is 8.15. The van der Waals surface area contributed by atoms with E-state index in [1.807, 2.05) is 44.1 Å². The van der Waals surface area contributed by atoms with Gasteiger partial charge < -0.3 is 15.5 Å². The molecule has 0 aliphatic carbocycles. The summed E-state index contributed by atoms with van der Waals surface area (Å²) in [7, 11) is 3.85. The van der Waals surface area contributed by atoms with Crippen LogP contribution in [0.2, 0.25) is 0 Å². The van der Waals surface area contributed by atoms with Crippen LogP contribution in [0.5, 0.6) is 0 Å². The summed E-state index contributed by atoms with van der Waals surface area (Å²) in [6.45, 7) is 2.63. The van der Waals surface area contributed by atoms with E-state index in [4.69, 9.17) is 0 Å². The van der Waals surface area contributed by atoms with Crippen molar-refractivity contribution in [1.82, 2.24) is 5.32 Å². The van der Waals surface area contributed by atoms with E-state index in [1.54, 1.807) is 30.3 Å². The Morgan fingerprint density at radius 1 is 0.958 bits per heavy atom. The van der Waals surface area contributed by atoms with Crippen LogP contribution in [-0.4, -0.2) is 32.5 Å². The average molecular weight is 325 g/mol. The molecule has 0 saturated carbocycles. The van der Waals surface area contributed by atoms with E-state index in [-0.39, 0.29) is 11.8 Å². The fraction of sp³-hybridized carbons (Fsp3) is 0.263. The normalized spacial score (nSPS) is 10.1. The highest BCUT2D eigenvalue weighted by Crippen LogP contribution is 2.16. The zero-order valence-electron chi connectivity index (χ0n) is 14.3. The van der Waals surface area contributed by atoms with Gasteiger partial charge in [0.25, 0.3) is 11.8 Å². The van der Waals surface area contributed by atoms with Crippen molar-refractivity contribution >= 4 is 23.2 Å². The average Bonchev–Trinajstić information content (AvgIpc) is 2.60. The van der Waals surface area contributed by atoms with Crippen LogP contribution in [0.25, 0.3) is 0 Å². The van der Waals surface area contributed by atoms with Crippen LogP contribution in [-0.2, 0) is 0 Å². The highest BCUT2D eigenvalue weighted by Gasteiger charge is 2.10. The van der Waals surface area contributed by atoms with Gasteiger partial charge in [-0.25, -0.2) is 0 Å². The minimum Gasteiger partial charge on any atom is -0.378 e. The molecular formula is C19H23N3O2. The molecule has 0 saturated heterocycles. The SMILES string of the molecule is CCCNC(=O)c1cccc(NC(=O)c2cccc(N(C)C)c2)c1. The second-order valence-electron chi connectivity index (χ2n) is 5.74. The first-order valence-electron chi connectivity index (χ1n) is 7.98. The van der Waals surface area contributed by atoms with Gasteiger partial charge in [0.2, 0.25) is 0 Å². The zero-order chi connectivity index (χ0) is 17.5. The molecule has 0 fully saturated rings. The summed E-state index contributed by atoms with van der Waals surface area (Å²) in [6.07, 6.45) is 0.879. The first kappa shape index (κ1) is 17.5. The first-order valence-corrected chi connectivity index (χ1v) is 7.98. The molecule has 5 heteroatoms. The fourth-order valence-electron chi connectivity index (χ4n) is 2.21. The molecule has 0 aliphatic heterocycles. The highest BCUT2D eigenvalue weighted by atomic mass is 16.2. The third kappa shape index (κ3) is 4.59. The maximum absolute atomic E-state index is 12.4. The van der Waals surface area contributed by atoms with Gasteiger partial charge in [-0.05, 0) is 42.8 Å². The summed E-state index contributed by atoms with van der Waals surface area (Å²) in [5, 5.41) is 5.66. The molecule has 0 aliphatic rings. The monoisotopic (exact) mass is 325 g/mol. The Labute approximate surface area is 142 Å². The van der Waals surface area contributed by atoms with E-state index < -0.39 is 0 Å². The molecule has 0 spiro atoms. The summed E-state index contributed by atoms with van der Waals surface area (Å²) >= 11 is 0. The van der Waals surface area contributed by atoms with Crippen LogP contribution >= 0.6 is 0 Å². The van der Waals surface area contributed by atoms with Gasteiger partial charge in [-0.15, -0.1) is 0 Å². The summed E-state index contributed by atoms with van der Waals surface area (Å²) in [5.41, 5.74) is 2.65. The third-order valence-corrected chi connectivity index (χ3v) is 3.54. The lowest BCUT2D eigenvalue weighted by molar-refractivity contribution is 0.0952. The van der Waals surface area contributed by atoms with Crippen LogP contribution in [0.3, 0.4) is 0 Å². The molecule has 2 aromatic carbocycles. The summed E-state index contributed by atoms with van der Waals surface area (Å²) in [4.78, 5) is 26.4. The Bertz CT molecular complexity index is 726. The topological polar surface area (TPSA) is 61.4 Å². The Balaban J connectivity index is 2.12. The molecule has 0 radical (unpaired) electrons. The predicted molar refractivity (Wildman–Crippen MR) is 97.8 cm³/mol. The number of benzene rings is 2. The second-order valence-corrected chi connectivity index (χ2v) is 5.74. The Morgan fingerprint density at radius 3 is 2.29 bits per heavy atom. The number of rotatable bonds is 6. The summed E-state index contributed by atoms with van der Waals surface area (Å²) in [5.74, 6) is -0.340. The van der Waals surface area contributed by atoms with Gasteiger partial charge in [-0.1, -0.05) is 19.1 Å². The van der Waals surface area contributed by atoms with Crippen molar-refractivity contribution in [3.8, 4) is 0 Å². The Hall–Kier alpha value is -2.82. The van der Waals surface area contributed by atoms with Gasteiger partial charge >= 0.3 is 0 Å². The zero-order valence-corrected chi connectivity index (χ0v) is 14.3. The van der Waals surface area contributed by atoms with Gasteiger partial charge in [-0.2, -0.15) is 0 Å². The van der Waals surface area contributed by atoms with Gasteiger partial charge in [-0.3, -0.25) is 9.59 Å². The van der Waals surface area contributed by atoms with Crippen molar-refractivity contribution in [3.63, 3.8) is 0 Å². The number of nitrogens with one attached hydrogen (secondary N) is 2. The van der Waals surface area contributed by atoms with E-state index in [1.165, 1.54) is 0 Å². The van der Waals surface area contributed by atoms with E-state index in [9.17, 15) is 9.59 Å². The summed E-state index contributed by atoms with van der Waals surface area (Å²) in [6, 6.07) is 14.3. The standard InChI is InChI=1S/C19H23N3O2/c1-4-11-20-18(23)14-7-5-9-16(12-14)21-19(24)15-8-6-10-17(13-15)22(2)3/h5-10,12-13H,4,11H2,1-3H3,(H,20,23)(H,21,24). The van der Waals surface area contributed by atoms with Crippen LogP contribution in [0.15, 0.2) is 48.5 Å². The lowest BCUT2D eigenvalue weighted by Crippen LogP contribution is -2.24. The van der Waals surface area contributed by atoms with Crippen LogP contribution in [0.1, 0.15) is 34.1 Å². The number of hydrogen-bond donors (Lipinski definition) is 2. The molecule has 0 unspecified atom stereocenters. The summed E-state index contributed by atoms with van der Waals surface area (Å²) < 4.78 is 0. The molecule has 24 heavy (non-hydrogen) atoms. The van der Waals surface area contributed by atoms with Crippen molar-refractivity contribution in [2.75, 3.05) is 30.9 Å². The quantitative estimate of drug-likeness (QED) is 0.858. The van der Waals surface area contributed by atoms with Crippen LogP contribution in [0.4, 0.5) is 11.4 Å². The van der Waals surface area contributed by atoms with E-state index >= 15 is 0 Å². The number of hydrogen-bond acceptors (Lipinski definition) is 3. The van der Waals surface area contributed by atoms with Crippen LogP contribution in [0, 0.1) is 0 Å². The number of carbonyl (C=O) groups is 2. The molecule has 2 aromatic rings. The van der Waals surface area contributed by atoms with Crippen molar-refractivity contribution in [1.29, 1.82) is 0 Å². The van der Waals surface area contributed by atoms with E-state index in [0.717, 1.165) is 12.1 Å². The third-order valence-electron chi connectivity index (χ3n) is 3.54. The molecule has 5 nitrogen and oxygen atoms in total. The largest absolute Gasteiger partial charge is 0.378 e. The molecule has 126 valence electrons. The van der Waals surface area contributed by atoms with Gasteiger partial charge in [0.05, 0.1) is 0 Å². The molecule has 2 N–H and O–H groups in total. The van der Waals surface area contributed by atoms with Gasteiger partial charge in [0.15, 0.2) is 0 Å². The lowest BCUT2D eigenvalue weighted by atomic mass is 10.1. The van der Waals surface area contributed by atoms with Crippen molar-refractivity contribution in [3.05, 3.63) is 59.7 Å². The lowest BCUT2D eigenvalue weighted by Gasteiger charge is -2.13. The van der Waals surface area contributed by atoms with Crippen molar-refractivity contribution < 1.29 is 9.59 Å². The van der Waals surface area contributed by atoms with Gasteiger partial charge in [0.1, 0.15) is 0 Å². The number of anilines is 2. The molecule has 2 rings (SSSR count). The van der Waals surface area contributed by atoms with E-state index in [0.29, 0.717) is 23.4 Å². The number of amides is 2. The van der Waals surface area contributed by atoms with Gasteiger partial charge in [0, 0.05) is 43.1 Å². The number of nitrogens with zero attached hydrogens (tertiary/aromatic N) is 1. The maximum atomic E-state index is 12.4. The van der Waals surface area contributed by atoms with E-state index in [2.05, 4.69) is 10.6 Å². The van der Waals surface area contributed by atoms with Crippen molar-refractivity contribution in [2.45, 2.75) is 13.3 Å². The molecule has 2 amide bonds. The Kier molecular flexibility index (Phi) is 5.95. The minimum absolute atomic E-state index is 0.137. The number of carbonyl (C=O) groups excluding carboxylic acids is 2. The molecular weight excluding hydrogens is 302 g/mol. The maximum Gasteiger partial charge on any atom is 0.255 e.